The summed E-state index contributed by atoms with van der Waals surface area (Å²) in [6, 6.07) is 9.70. The van der Waals surface area contributed by atoms with Gasteiger partial charge in [-0.2, -0.15) is 0 Å². The molecule has 2 unspecified atom stereocenters. The van der Waals surface area contributed by atoms with Crippen LogP contribution in [0.5, 0.6) is 0 Å². The Bertz CT molecular complexity index is 396. The van der Waals surface area contributed by atoms with Crippen LogP contribution in [0.4, 0.5) is 0 Å². The molecule has 106 valence electrons. The van der Waals surface area contributed by atoms with Crippen molar-refractivity contribution in [2.75, 3.05) is 7.11 Å². The fourth-order valence-electron chi connectivity index (χ4n) is 2.81. The van der Waals surface area contributed by atoms with E-state index in [0.29, 0.717) is 12.1 Å². The van der Waals surface area contributed by atoms with E-state index < -0.39 is 8.07 Å². The molecule has 0 heterocycles. The summed E-state index contributed by atoms with van der Waals surface area (Å²) in [5.41, 5.74) is 1.38. The van der Waals surface area contributed by atoms with Gasteiger partial charge in [-0.1, -0.05) is 49.1 Å². The topological polar surface area (TPSA) is 21.3 Å². The van der Waals surface area contributed by atoms with Crippen molar-refractivity contribution in [3.8, 4) is 0 Å². The van der Waals surface area contributed by atoms with Gasteiger partial charge in [0.2, 0.25) is 0 Å². The standard InChI is InChI=1S/C16H27NOSi/c1-18-16-7-5-6-15(16)17-12-13-8-10-14(11-9-13)19(2,3)4/h8-11,15-17H,5-7,12H2,1-4H3. The monoisotopic (exact) mass is 277 g/mol. The van der Waals surface area contributed by atoms with Crippen molar-refractivity contribution in [2.45, 2.75) is 57.6 Å². The van der Waals surface area contributed by atoms with E-state index in [0.717, 1.165) is 6.54 Å². The Morgan fingerprint density at radius 3 is 2.42 bits per heavy atom. The van der Waals surface area contributed by atoms with Crippen molar-refractivity contribution >= 4 is 13.3 Å². The Hall–Kier alpha value is -0.643. The van der Waals surface area contributed by atoms with Crippen molar-refractivity contribution in [3.63, 3.8) is 0 Å². The first kappa shape index (κ1) is 14.8. The number of benzene rings is 1. The average molecular weight is 277 g/mol. The zero-order chi connectivity index (χ0) is 13.9. The molecule has 1 aliphatic rings. The van der Waals surface area contributed by atoms with Crippen LogP contribution in [-0.4, -0.2) is 27.3 Å². The Kier molecular flexibility index (Phi) is 4.82. The lowest BCUT2D eigenvalue weighted by atomic mass is 10.1. The van der Waals surface area contributed by atoms with Gasteiger partial charge >= 0.3 is 0 Å². The van der Waals surface area contributed by atoms with E-state index in [-0.39, 0.29) is 0 Å². The second-order valence-corrected chi connectivity index (χ2v) is 11.7. The molecule has 2 rings (SSSR count). The average Bonchev–Trinajstić information content (AvgIpc) is 2.83. The smallest absolute Gasteiger partial charge is 0.0775 e. The van der Waals surface area contributed by atoms with Crippen molar-refractivity contribution in [1.82, 2.24) is 5.32 Å². The third-order valence-electron chi connectivity index (χ3n) is 4.14. The van der Waals surface area contributed by atoms with E-state index in [9.17, 15) is 0 Å². The van der Waals surface area contributed by atoms with Crippen molar-refractivity contribution in [1.29, 1.82) is 0 Å². The number of nitrogens with one attached hydrogen (secondary N) is 1. The minimum absolute atomic E-state index is 0.404. The Morgan fingerprint density at radius 1 is 1.16 bits per heavy atom. The molecule has 0 saturated heterocycles. The number of rotatable bonds is 5. The van der Waals surface area contributed by atoms with Crippen LogP contribution in [0.2, 0.25) is 19.6 Å². The third-order valence-corrected chi connectivity index (χ3v) is 6.21. The molecule has 1 aromatic rings. The molecule has 1 aromatic carbocycles. The molecule has 1 N–H and O–H groups in total. The van der Waals surface area contributed by atoms with E-state index in [1.165, 1.54) is 30.0 Å². The molecule has 1 fully saturated rings. The molecule has 3 heteroatoms. The van der Waals surface area contributed by atoms with Crippen LogP contribution in [0.3, 0.4) is 0 Å². The zero-order valence-corrected chi connectivity index (χ0v) is 13.7. The van der Waals surface area contributed by atoms with Gasteiger partial charge in [0.1, 0.15) is 0 Å². The zero-order valence-electron chi connectivity index (χ0n) is 12.7. The van der Waals surface area contributed by atoms with Crippen LogP contribution in [-0.2, 0) is 11.3 Å². The molecule has 0 aromatic heterocycles. The van der Waals surface area contributed by atoms with Crippen molar-refractivity contribution < 1.29 is 4.74 Å². The van der Waals surface area contributed by atoms with E-state index in [4.69, 9.17) is 4.74 Å². The molecular weight excluding hydrogens is 250 g/mol. The second kappa shape index (κ2) is 6.20. The predicted octanol–water partition coefficient (Wildman–Crippen LogP) is 2.89. The van der Waals surface area contributed by atoms with Gasteiger partial charge in [-0.15, -0.1) is 0 Å². The third kappa shape index (κ3) is 3.91. The molecule has 19 heavy (non-hydrogen) atoms. The predicted molar refractivity (Wildman–Crippen MR) is 84.7 cm³/mol. The number of methoxy groups -OCH3 is 1. The molecule has 0 bridgehead atoms. The van der Waals surface area contributed by atoms with Gasteiger partial charge in [-0.25, -0.2) is 0 Å². The molecule has 0 aliphatic heterocycles. The SMILES string of the molecule is COC1CCCC1NCc1ccc([Si](C)(C)C)cc1. The maximum Gasteiger partial charge on any atom is 0.0775 e. The minimum atomic E-state index is -1.16. The highest BCUT2D eigenvalue weighted by molar-refractivity contribution is 6.88. The second-order valence-electron chi connectivity index (χ2n) is 6.64. The highest BCUT2D eigenvalue weighted by Crippen LogP contribution is 2.21. The molecular formula is C16H27NOSi. The van der Waals surface area contributed by atoms with Crippen LogP contribution in [0.25, 0.3) is 0 Å². The molecule has 0 amide bonds. The summed E-state index contributed by atoms with van der Waals surface area (Å²) >= 11 is 0. The van der Waals surface area contributed by atoms with Gasteiger partial charge in [0, 0.05) is 19.7 Å². The number of hydrogen-bond donors (Lipinski definition) is 1. The first-order valence-electron chi connectivity index (χ1n) is 7.36. The quantitative estimate of drug-likeness (QED) is 0.836. The van der Waals surface area contributed by atoms with E-state index >= 15 is 0 Å². The Morgan fingerprint density at radius 2 is 1.84 bits per heavy atom. The van der Waals surface area contributed by atoms with E-state index in [1.54, 1.807) is 0 Å². The summed E-state index contributed by atoms with van der Waals surface area (Å²) in [6.45, 7) is 8.13. The lowest BCUT2D eigenvalue weighted by molar-refractivity contribution is 0.0847. The van der Waals surface area contributed by atoms with Crippen LogP contribution in [0, 0.1) is 0 Å². The maximum absolute atomic E-state index is 5.52. The first-order chi connectivity index (χ1) is 9.00. The molecule has 0 radical (unpaired) electrons. The summed E-state index contributed by atoms with van der Waals surface area (Å²) in [6.07, 6.45) is 4.13. The van der Waals surface area contributed by atoms with Gasteiger partial charge in [-0.05, 0) is 24.8 Å². The lowest BCUT2D eigenvalue weighted by Crippen LogP contribution is -2.38. The maximum atomic E-state index is 5.52. The van der Waals surface area contributed by atoms with Gasteiger partial charge in [0.15, 0.2) is 0 Å². The Balaban J connectivity index is 1.90. The van der Waals surface area contributed by atoms with Crippen LogP contribution < -0.4 is 10.5 Å². The van der Waals surface area contributed by atoms with Gasteiger partial charge in [0.05, 0.1) is 14.2 Å². The number of ether oxygens (including phenoxy) is 1. The highest BCUT2D eigenvalue weighted by atomic mass is 28.3. The normalized spacial score (nSPS) is 23.8. The summed E-state index contributed by atoms with van der Waals surface area (Å²) in [7, 11) is 0.665. The lowest BCUT2D eigenvalue weighted by Gasteiger charge is -2.20. The van der Waals surface area contributed by atoms with Crippen LogP contribution in [0.15, 0.2) is 24.3 Å². The van der Waals surface area contributed by atoms with E-state index in [1.807, 2.05) is 7.11 Å². The summed E-state index contributed by atoms with van der Waals surface area (Å²) in [5.74, 6) is 0. The van der Waals surface area contributed by atoms with Gasteiger partial charge in [-0.3, -0.25) is 0 Å². The van der Waals surface area contributed by atoms with Crippen LogP contribution >= 0.6 is 0 Å². The molecule has 1 saturated carbocycles. The summed E-state index contributed by atoms with van der Waals surface area (Å²) in [4.78, 5) is 0. The first-order valence-corrected chi connectivity index (χ1v) is 10.9. The van der Waals surface area contributed by atoms with Crippen LogP contribution in [0.1, 0.15) is 24.8 Å². The van der Waals surface area contributed by atoms with Crippen molar-refractivity contribution in [2.24, 2.45) is 0 Å². The van der Waals surface area contributed by atoms with E-state index in [2.05, 4.69) is 49.2 Å². The van der Waals surface area contributed by atoms with Gasteiger partial charge in [0.25, 0.3) is 0 Å². The largest absolute Gasteiger partial charge is 0.380 e. The molecule has 1 aliphatic carbocycles. The fourth-order valence-corrected chi connectivity index (χ4v) is 3.98. The fraction of sp³-hybridized carbons (Fsp3) is 0.625. The summed E-state index contributed by atoms with van der Waals surface area (Å²) in [5, 5.41) is 5.18. The molecule has 2 nitrogen and oxygen atoms in total. The Labute approximate surface area is 118 Å². The number of hydrogen-bond acceptors (Lipinski definition) is 2. The van der Waals surface area contributed by atoms with Crippen molar-refractivity contribution in [3.05, 3.63) is 29.8 Å². The van der Waals surface area contributed by atoms with Gasteiger partial charge < -0.3 is 10.1 Å². The minimum Gasteiger partial charge on any atom is -0.380 e. The summed E-state index contributed by atoms with van der Waals surface area (Å²) < 4.78 is 5.52. The molecule has 2 atom stereocenters. The highest BCUT2D eigenvalue weighted by Gasteiger charge is 2.26. The molecule has 0 spiro atoms.